The molecule has 0 saturated carbocycles. The molecule has 308 valence electrons. The lowest BCUT2D eigenvalue weighted by Crippen LogP contribution is -2.49. The van der Waals surface area contributed by atoms with Crippen molar-refractivity contribution in [3.63, 3.8) is 0 Å². The summed E-state index contributed by atoms with van der Waals surface area (Å²) in [5, 5.41) is 29.0. The molecule has 4 aromatic carbocycles. The van der Waals surface area contributed by atoms with Crippen molar-refractivity contribution in [1.82, 2.24) is 15.5 Å². The number of aliphatic hydroxyl groups excluding tert-OH is 2. The van der Waals surface area contributed by atoms with Crippen molar-refractivity contribution in [2.75, 3.05) is 52.7 Å². The van der Waals surface area contributed by atoms with E-state index in [9.17, 15) is 19.8 Å². The maximum atomic E-state index is 14.3. The minimum absolute atomic E-state index is 0.0290. The van der Waals surface area contributed by atoms with Gasteiger partial charge in [-0.05, 0) is 59.2 Å². The second-order valence-corrected chi connectivity index (χ2v) is 15.4. The molecule has 1 aliphatic carbocycles. The molecule has 2 saturated heterocycles. The molecule has 3 aliphatic rings. The summed E-state index contributed by atoms with van der Waals surface area (Å²) >= 11 is 0. The molecular weight excluding hydrogens is 739 g/mol. The first kappa shape index (κ1) is 41.3. The summed E-state index contributed by atoms with van der Waals surface area (Å²) in [7, 11) is 0. The van der Waals surface area contributed by atoms with E-state index in [2.05, 4.69) is 15.5 Å². The Morgan fingerprint density at radius 3 is 2.22 bits per heavy atom. The third kappa shape index (κ3) is 11.6. The summed E-state index contributed by atoms with van der Waals surface area (Å²) in [4.78, 5) is 30.1. The largest absolute Gasteiger partial charge is 0.492 e. The number of carbonyl (C=O) groups is 2. The summed E-state index contributed by atoms with van der Waals surface area (Å²) in [5.41, 5.74) is 4.66. The first-order chi connectivity index (χ1) is 28.4. The monoisotopic (exact) mass is 793 g/mol. The Bertz CT molecular complexity index is 1880. The number of fused-ring (bicyclic) bond motifs is 1. The van der Waals surface area contributed by atoms with E-state index in [1.54, 1.807) is 0 Å². The normalized spacial score (nSPS) is 22.0. The van der Waals surface area contributed by atoms with Crippen LogP contribution in [0.2, 0.25) is 0 Å². The van der Waals surface area contributed by atoms with Crippen molar-refractivity contribution in [3.8, 4) is 5.75 Å². The fourth-order valence-electron chi connectivity index (χ4n) is 7.91. The van der Waals surface area contributed by atoms with Gasteiger partial charge in [0.25, 0.3) is 0 Å². The topological polar surface area (TPSA) is 148 Å². The Labute approximate surface area is 340 Å². The van der Waals surface area contributed by atoms with E-state index in [4.69, 9.17) is 23.7 Å². The van der Waals surface area contributed by atoms with Gasteiger partial charge in [0.1, 0.15) is 18.5 Å². The van der Waals surface area contributed by atoms with E-state index >= 15 is 0 Å². The molecule has 12 heteroatoms. The van der Waals surface area contributed by atoms with Gasteiger partial charge in [-0.15, -0.1) is 0 Å². The molecule has 4 aromatic rings. The van der Waals surface area contributed by atoms with Crippen LogP contribution in [0.15, 0.2) is 109 Å². The zero-order chi connectivity index (χ0) is 40.1. The quantitative estimate of drug-likeness (QED) is 0.114. The van der Waals surface area contributed by atoms with E-state index in [0.29, 0.717) is 39.1 Å². The average molecular weight is 794 g/mol. The molecule has 7 atom stereocenters. The number of amides is 2. The molecule has 4 N–H and O–H groups in total. The summed E-state index contributed by atoms with van der Waals surface area (Å²) in [6.07, 6.45) is -2.63. The molecule has 0 spiro atoms. The number of carbonyl (C=O) groups excluding carboxylic acids is 2. The Balaban J connectivity index is 1.04. The van der Waals surface area contributed by atoms with E-state index < -0.39 is 48.5 Å². The predicted molar refractivity (Wildman–Crippen MR) is 217 cm³/mol. The molecule has 58 heavy (non-hydrogen) atoms. The maximum Gasteiger partial charge on any atom is 0.407 e. The second kappa shape index (κ2) is 20.7. The number of hydrogen-bond acceptors (Lipinski definition) is 10. The van der Waals surface area contributed by atoms with Crippen molar-refractivity contribution in [3.05, 3.63) is 137 Å². The molecule has 2 amide bonds. The van der Waals surface area contributed by atoms with Gasteiger partial charge in [-0.25, -0.2) is 4.79 Å². The maximum absolute atomic E-state index is 14.3. The van der Waals surface area contributed by atoms with Crippen molar-refractivity contribution in [2.24, 2.45) is 5.92 Å². The molecule has 12 nitrogen and oxygen atoms in total. The van der Waals surface area contributed by atoms with Crippen molar-refractivity contribution in [2.45, 2.75) is 68.8 Å². The Hall–Kier alpha value is -4.82. The van der Waals surface area contributed by atoms with E-state index in [1.807, 2.05) is 109 Å². The molecule has 2 fully saturated rings. The van der Waals surface area contributed by atoms with Crippen LogP contribution in [0.3, 0.4) is 0 Å². The van der Waals surface area contributed by atoms with Crippen LogP contribution in [0.1, 0.15) is 40.3 Å². The number of nitrogens with zero attached hydrogens (tertiary/aromatic N) is 1. The summed E-state index contributed by atoms with van der Waals surface area (Å²) in [6, 6.07) is 33.3. The van der Waals surface area contributed by atoms with Crippen LogP contribution >= 0.6 is 0 Å². The number of hydrogen-bond donors (Lipinski definition) is 4. The highest BCUT2D eigenvalue weighted by atomic mass is 16.6. The standard InChI is InChI=1S/C46H55N3O9/c50-40(39(26-32-9-3-1-4-10-32)47-46(53)58-43-31-55-30-42(43)57-29-34-11-5-2-6-12-34)28-36(45(52)48-44-38-14-8-7-13-35(38)27-41(44)51)25-33-15-17-37(18-16-33)56-24-21-49-19-22-54-23-20-49/h1-18,36,39-44,50-51H,19-31H2,(H,47,53)(H,48,52)/t36-,39+,40+,41-,42+,43-,44+/m1/s1. The minimum atomic E-state index is -1.14. The minimum Gasteiger partial charge on any atom is -0.492 e. The number of ether oxygens (including phenoxy) is 5. The first-order valence-electron chi connectivity index (χ1n) is 20.4. The zero-order valence-electron chi connectivity index (χ0n) is 32.8. The summed E-state index contributed by atoms with van der Waals surface area (Å²) in [5.74, 6) is -0.277. The SMILES string of the molecule is O=C(N[C@@H](Cc1ccccc1)[C@@H](O)C[C@@H](Cc1ccc(OCCN2CCOCC2)cc1)C(=O)N[C@H]1c2ccccc2C[C@H]1O)O[C@@H]1COC[C@@H]1OCc1ccccc1. The van der Waals surface area contributed by atoms with Gasteiger partial charge in [0.15, 0.2) is 6.10 Å². The van der Waals surface area contributed by atoms with Crippen molar-refractivity contribution >= 4 is 12.0 Å². The number of morpholine rings is 1. The number of benzene rings is 4. The number of aliphatic hydroxyl groups is 2. The van der Waals surface area contributed by atoms with Crippen LogP contribution in [0.5, 0.6) is 5.75 Å². The lowest BCUT2D eigenvalue weighted by molar-refractivity contribution is -0.127. The van der Waals surface area contributed by atoms with E-state index in [-0.39, 0.29) is 18.9 Å². The fraction of sp³-hybridized carbons (Fsp3) is 0.435. The van der Waals surface area contributed by atoms with E-state index in [0.717, 1.165) is 66.4 Å². The summed E-state index contributed by atoms with van der Waals surface area (Å²) in [6.45, 7) is 5.45. The molecule has 2 aliphatic heterocycles. The van der Waals surface area contributed by atoms with Crippen LogP contribution in [-0.2, 0) is 49.6 Å². The molecule has 0 bridgehead atoms. The van der Waals surface area contributed by atoms with Crippen LogP contribution in [-0.4, -0.2) is 110 Å². The summed E-state index contributed by atoms with van der Waals surface area (Å²) < 4.78 is 29.0. The molecule has 7 rings (SSSR count). The molecule has 0 radical (unpaired) electrons. The third-order valence-electron chi connectivity index (χ3n) is 11.2. The Kier molecular flexibility index (Phi) is 14.8. The van der Waals surface area contributed by atoms with Crippen LogP contribution in [0, 0.1) is 5.92 Å². The molecule has 0 aromatic heterocycles. The Morgan fingerprint density at radius 2 is 1.47 bits per heavy atom. The van der Waals surface area contributed by atoms with Gasteiger partial charge in [-0.1, -0.05) is 97.1 Å². The highest BCUT2D eigenvalue weighted by Crippen LogP contribution is 2.32. The van der Waals surface area contributed by atoms with Crippen molar-refractivity contribution in [1.29, 1.82) is 0 Å². The van der Waals surface area contributed by atoms with Crippen LogP contribution in [0.4, 0.5) is 4.79 Å². The van der Waals surface area contributed by atoms with Gasteiger partial charge >= 0.3 is 6.09 Å². The average Bonchev–Trinajstić information content (AvgIpc) is 3.83. The van der Waals surface area contributed by atoms with Crippen LogP contribution in [0.25, 0.3) is 0 Å². The van der Waals surface area contributed by atoms with Gasteiger partial charge in [-0.2, -0.15) is 0 Å². The van der Waals surface area contributed by atoms with Gasteiger partial charge in [0.2, 0.25) is 5.91 Å². The third-order valence-corrected chi connectivity index (χ3v) is 11.2. The Morgan fingerprint density at radius 1 is 0.793 bits per heavy atom. The van der Waals surface area contributed by atoms with Gasteiger partial charge in [-0.3, -0.25) is 9.69 Å². The fourth-order valence-corrected chi connectivity index (χ4v) is 7.91. The lowest BCUT2D eigenvalue weighted by atomic mass is 9.88. The molecule has 2 heterocycles. The highest BCUT2D eigenvalue weighted by molar-refractivity contribution is 5.80. The first-order valence-corrected chi connectivity index (χ1v) is 20.4. The van der Waals surface area contributed by atoms with Crippen molar-refractivity contribution < 1.29 is 43.5 Å². The van der Waals surface area contributed by atoms with Gasteiger partial charge < -0.3 is 44.5 Å². The number of rotatable bonds is 18. The van der Waals surface area contributed by atoms with E-state index in [1.165, 1.54) is 0 Å². The van der Waals surface area contributed by atoms with Gasteiger partial charge in [0, 0.05) is 32.0 Å². The molecule has 0 unspecified atom stereocenters. The number of alkyl carbamates (subject to hydrolysis) is 1. The predicted octanol–water partition coefficient (Wildman–Crippen LogP) is 4.40. The number of nitrogens with one attached hydrogen (secondary N) is 2. The molecular formula is C46H55N3O9. The van der Waals surface area contributed by atoms with Crippen LogP contribution < -0.4 is 15.4 Å². The highest BCUT2D eigenvalue weighted by Gasteiger charge is 2.37. The smallest absolute Gasteiger partial charge is 0.407 e. The zero-order valence-corrected chi connectivity index (χ0v) is 32.8. The lowest BCUT2D eigenvalue weighted by Gasteiger charge is -2.29. The second-order valence-electron chi connectivity index (χ2n) is 15.4. The van der Waals surface area contributed by atoms with Gasteiger partial charge in [0.05, 0.1) is 57.3 Å².